The Morgan fingerprint density at radius 1 is 1.83 bits per heavy atom. The van der Waals surface area contributed by atoms with Crippen molar-refractivity contribution in [3.05, 3.63) is 11.1 Å². The Labute approximate surface area is 41.6 Å². The largest absolute Gasteiger partial charge is 0.297 e. The third-order valence-corrected chi connectivity index (χ3v) is 0.696. The summed E-state index contributed by atoms with van der Waals surface area (Å²) in [4.78, 5) is 9.54. The maximum Gasteiger partial charge on any atom is 0.161 e. The molecule has 6 heavy (non-hydrogen) atoms. The molecule has 0 amide bonds. The van der Waals surface area contributed by atoms with E-state index in [1.807, 2.05) is 0 Å². The van der Waals surface area contributed by atoms with Crippen molar-refractivity contribution < 1.29 is 4.79 Å². The fourth-order valence-electron chi connectivity index (χ4n) is 0.0680. The fourth-order valence-corrected chi connectivity index (χ4v) is 0.0680. The van der Waals surface area contributed by atoms with Gasteiger partial charge in [0.15, 0.2) is 6.29 Å². The summed E-state index contributed by atoms with van der Waals surface area (Å²) in [5.74, 6) is 0. The van der Waals surface area contributed by atoms with Gasteiger partial charge in [0, 0.05) is 0 Å². The molecule has 0 aromatic heterocycles. The van der Waals surface area contributed by atoms with Gasteiger partial charge in [0.25, 0.3) is 0 Å². The monoisotopic (exact) mass is 104 g/mol. The quantitative estimate of drug-likeness (QED) is 0.362. The van der Waals surface area contributed by atoms with Gasteiger partial charge in [-0.25, -0.2) is 0 Å². The first-order valence-electron chi connectivity index (χ1n) is 1.58. The predicted octanol–water partition coefficient (Wildman–Crippen LogP) is 1.33. The van der Waals surface area contributed by atoms with Gasteiger partial charge in [-0.3, -0.25) is 4.79 Å². The lowest BCUT2D eigenvalue weighted by molar-refractivity contribution is -0.104. The molecule has 0 atom stereocenters. The number of carbonyl (C=O) groups excluding carboxylic acids is 1. The smallest absolute Gasteiger partial charge is 0.161 e. The maximum atomic E-state index is 9.54. The summed E-state index contributed by atoms with van der Waals surface area (Å²) in [6.07, 6.45) is 2.14. The second-order valence-corrected chi connectivity index (χ2v) is 1.23. The van der Waals surface area contributed by atoms with Crippen LogP contribution in [0.25, 0.3) is 0 Å². The molecule has 0 aliphatic rings. The lowest BCUT2D eigenvalue weighted by atomic mass is 10.6. The zero-order valence-corrected chi connectivity index (χ0v) is 4.20. The molecule has 34 valence electrons. The molecule has 0 aliphatic heterocycles. The van der Waals surface area contributed by atoms with E-state index in [1.165, 1.54) is 6.08 Å². The van der Waals surface area contributed by atoms with E-state index in [-0.39, 0.29) is 5.03 Å². The lowest BCUT2D eigenvalue weighted by Gasteiger charge is -1.70. The van der Waals surface area contributed by atoms with Crippen molar-refractivity contribution in [2.24, 2.45) is 0 Å². The van der Waals surface area contributed by atoms with Gasteiger partial charge in [0.1, 0.15) is 0 Å². The van der Waals surface area contributed by atoms with Crippen LogP contribution in [0.1, 0.15) is 6.92 Å². The van der Waals surface area contributed by atoms with Crippen LogP contribution in [-0.2, 0) is 4.79 Å². The van der Waals surface area contributed by atoms with E-state index in [0.29, 0.717) is 6.29 Å². The van der Waals surface area contributed by atoms with E-state index in [2.05, 4.69) is 0 Å². The highest BCUT2D eigenvalue weighted by molar-refractivity contribution is 6.38. The fraction of sp³-hybridized carbons (Fsp3) is 0.250. The number of hydrogen-bond donors (Lipinski definition) is 0. The average molecular weight is 105 g/mol. The summed E-state index contributed by atoms with van der Waals surface area (Å²) in [6, 6.07) is 0. The SMILES string of the molecule is C/C=C(/Cl)C=O. The summed E-state index contributed by atoms with van der Waals surface area (Å²) in [7, 11) is 0. The Bertz CT molecular complexity index is 75.6. The normalized spacial score (nSPS) is 11.3. The molecule has 0 radical (unpaired) electrons. The van der Waals surface area contributed by atoms with Crippen molar-refractivity contribution in [2.45, 2.75) is 6.92 Å². The standard InChI is InChI=1S/C4H5ClO/c1-2-4(5)3-6/h2-3H,1H3/b4-2+. The highest BCUT2D eigenvalue weighted by Gasteiger charge is 1.76. The van der Waals surface area contributed by atoms with Crippen molar-refractivity contribution in [2.75, 3.05) is 0 Å². The molecule has 0 spiro atoms. The van der Waals surface area contributed by atoms with E-state index in [4.69, 9.17) is 11.6 Å². The molecule has 0 heterocycles. The minimum Gasteiger partial charge on any atom is -0.297 e. The second-order valence-electron chi connectivity index (χ2n) is 0.791. The highest BCUT2D eigenvalue weighted by atomic mass is 35.5. The first kappa shape index (κ1) is 5.70. The lowest BCUT2D eigenvalue weighted by Crippen LogP contribution is -1.64. The van der Waals surface area contributed by atoms with Crippen LogP contribution in [0.4, 0.5) is 0 Å². The van der Waals surface area contributed by atoms with Crippen molar-refractivity contribution >= 4 is 17.9 Å². The number of allylic oxidation sites excluding steroid dienone is 2. The molecule has 0 aromatic rings. The number of rotatable bonds is 1. The van der Waals surface area contributed by atoms with Gasteiger partial charge in [0.05, 0.1) is 5.03 Å². The van der Waals surface area contributed by atoms with E-state index in [1.54, 1.807) is 6.92 Å². The Hall–Kier alpha value is -0.300. The summed E-state index contributed by atoms with van der Waals surface area (Å²) >= 11 is 5.14. The molecule has 0 saturated carbocycles. The third-order valence-electron chi connectivity index (χ3n) is 0.388. The molecule has 2 heteroatoms. The topological polar surface area (TPSA) is 17.1 Å². The second kappa shape index (κ2) is 2.91. The molecule has 0 saturated heterocycles. The van der Waals surface area contributed by atoms with Crippen LogP contribution in [0.3, 0.4) is 0 Å². The summed E-state index contributed by atoms with van der Waals surface area (Å²) in [5, 5.41) is 0.259. The van der Waals surface area contributed by atoms with Crippen LogP contribution in [0, 0.1) is 0 Å². The Kier molecular flexibility index (Phi) is 2.77. The number of carbonyl (C=O) groups is 1. The number of aldehydes is 1. The number of hydrogen-bond acceptors (Lipinski definition) is 1. The molecule has 0 fully saturated rings. The number of halogens is 1. The molecule has 0 bridgehead atoms. The minimum absolute atomic E-state index is 0.259. The Morgan fingerprint density at radius 3 is 2.33 bits per heavy atom. The van der Waals surface area contributed by atoms with Crippen LogP contribution in [-0.4, -0.2) is 6.29 Å². The maximum absolute atomic E-state index is 9.54. The van der Waals surface area contributed by atoms with Gasteiger partial charge in [-0.05, 0) is 6.92 Å². The average Bonchev–Trinajstić information content (AvgIpc) is 1.65. The molecule has 0 aliphatic carbocycles. The molecule has 1 nitrogen and oxygen atoms in total. The van der Waals surface area contributed by atoms with Gasteiger partial charge in [-0.15, -0.1) is 0 Å². The molecular formula is C4H5ClO. The van der Waals surface area contributed by atoms with Gasteiger partial charge in [-0.1, -0.05) is 17.7 Å². The molecular weight excluding hydrogens is 99.5 g/mol. The Morgan fingerprint density at radius 2 is 2.33 bits per heavy atom. The van der Waals surface area contributed by atoms with Crippen LogP contribution in [0.15, 0.2) is 11.1 Å². The van der Waals surface area contributed by atoms with Gasteiger partial charge < -0.3 is 0 Å². The van der Waals surface area contributed by atoms with Crippen molar-refractivity contribution in [3.8, 4) is 0 Å². The zero-order valence-electron chi connectivity index (χ0n) is 3.44. The van der Waals surface area contributed by atoms with Crippen LogP contribution in [0.5, 0.6) is 0 Å². The minimum atomic E-state index is 0.259. The van der Waals surface area contributed by atoms with E-state index in [9.17, 15) is 4.79 Å². The molecule has 0 unspecified atom stereocenters. The predicted molar refractivity (Wildman–Crippen MR) is 25.7 cm³/mol. The van der Waals surface area contributed by atoms with Crippen molar-refractivity contribution in [1.82, 2.24) is 0 Å². The van der Waals surface area contributed by atoms with Crippen molar-refractivity contribution in [3.63, 3.8) is 0 Å². The summed E-state index contributed by atoms with van der Waals surface area (Å²) < 4.78 is 0. The van der Waals surface area contributed by atoms with Gasteiger partial charge >= 0.3 is 0 Å². The first-order valence-corrected chi connectivity index (χ1v) is 1.96. The van der Waals surface area contributed by atoms with E-state index in [0.717, 1.165) is 0 Å². The van der Waals surface area contributed by atoms with E-state index >= 15 is 0 Å². The molecule has 0 N–H and O–H groups in total. The van der Waals surface area contributed by atoms with Crippen LogP contribution in [0.2, 0.25) is 0 Å². The summed E-state index contributed by atoms with van der Waals surface area (Å²) in [6.45, 7) is 1.71. The third kappa shape index (κ3) is 1.97. The highest BCUT2D eigenvalue weighted by Crippen LogP contribution is 1.91. The van der Waals surface area contributed by atoms with Crippen LogP contribution >= 0.6 is 11.6 Å². The summed E-state index contributed by atoms with van der Waals surface area (Å²) in [5.41, 5.74) is 0. The van der Waals surface area contributed by atoms with Gasteiger partial charge in [-0.2, -0.15) is 0 Å². The molecule has 0 rings (SSSR count). The first-order chi connectivity index (χ1) is 2.81. The van der Waals surface area contributed by atoms with E-state index < -0.39 is 0 Å². The van der Waals surface area contributed by atoms with Crippen LogP contribution < -0.4 is 0 Å². The van der Waals surface area contributed by atoms with Crippen molar-refractivity contribution in [1.29, 1.82) is 0 Å². The Balaban J connectivity index is 3.50. The zero-order chi connectivity index (χ0) is 4.99. The van der Waals surface area contributed by atoms with Gasteiger partial charge in [0.2, 0.25) is 0 Å². The molecule has 0 aromatic carbocycles.